The van der Waals surface area contributed by atoms with Gasteiger partial charge in [0.2, 0.25) is 0 Å². The van der Waals surface area contributed by atoms with Gasteiger partial charge in [0.05, 0.1) is 17.5 Å². The van der Waals surface area contributed by atoms with Gasteiger partial charge in [-0.15, -0.1) is 11.6 Å². The monoisotopic (exact) mass is 309 g/mol. The fraction of sp³-hybridized carbons (Fsp3) is 0.133. The van der Waals surface area contributed by atoms with Crippen LogP contribution in [0.1, 0.15) is 16.7 Å². The molecule has 0 saturated carbocycles. The van der Waals surface area contributed by atoms with Gasteiger partial charge < -0.3 is 4.74 Å². The molecule has 0 aromatic heterocycles. The molecule has 102 valence electrons. The van der Waals surface area contributed by atoms with Gasteiger partial charge in [-0.25, -0.2) is 4.39 Å². The van der Waals surface area contributed by atoms with Crippen LogP contribution in [0.3, 0.4) is 0 Å². The molecule has 5 heteroatoms. The van der Waals surface area contributed by atoms with Gasteiger partial charge in [0, 0.05) is 16.1 Å². The normalized spacial score (nSPS) is 10.1. The van der Waals surface area contributed by atoms with Crippen molar-refractivity contribution in [3.05, 3.63) is 63.9 Å². The molecule has 0 N–H and O–H groups in total. The van der Waals surface area contributed by atoms with E-state index in [0.717, 1.165) is 0 Å². The van der Waals surface area contributed by atoms with Gasteiger partial charge in [0.15, 0.2) is 0 Å². The van der Waals surface area contributed by atoms with Crippen molar-refractivity contribution in [3.63, 3.8) is 0 Å². The van der Waals surface area contributed by atoms with Crippen molar-refractivity contribution in [2.75, 3.05) is 0 Å². The van der Waals surface area contributed by atoms with E-state index in [1.54, 1.807) is 24.3 Å². The average Bonchev–Trinajstić information content (AvgIpc) is 2.46. The Morgan fingerprint density at radius 3 is 2.70 bits per heavy atom. The van der Waals surface area contributed by atoms with Crippen molar-refractivity contribution in [3.8, 4) is 11.8 Å². The summed E-state index contributed by atoms with van der Waals surface area (Å²) in [7, 11) is 0. The van der Waals surface area contributed by atoms with E-state index in [0.29, 0.717) is 21.9 Å². The van der Waals surface area contributed by atoms with Crippen LogP contribution >= 0.6 is 23.2 Å². The molecular weight excluding hydrogens is 300 g/mol. The number of halogens is 3. The van der Waals surface area contributed by atoms with Crippen molar-refractivity contribution in [1.82, 2.24) is 0 Å². The molecule has 0 atom stereocenters. The Kier molecular flexibility index (Phi) is 4.84. The summed E-state index contributed by atoms with van der Waals surface area (Å²) in [4.78, 5) is 0. The van der Waals surface area contributed by atoms with E-state index in [4.69, 9.17) is 33.2 Å². The van der Waals surface area contributed by atoms with E-state index < -0.39 is 5.82 Å². The van der Waals surface area contributed by atoms with Gasteiger partial charge >= 0.3 is 0 Å². The summed E-state index contributed by atoms with van der Waals surface area (Å²) in [5.41, 5.74) is 1.31. The van der Waals surface area contributed by atoms with Gasteiger partial charge in [0.1, 0.15) is 18.2 Å². The lowest BCUT2D eigenvalue weighted by molar-refractivity contribution is 0.297. The third-order valence-corrected chi connectivity index (χ3v) is 3.40. The van der Waals surface area contributed by atoms with Crippen molar-refractivity contribution >= 4 is 23.2 Å². The summed E-state index contributed by atoms with van der Waals surface area (Å²) in [6.07, 6.45) is 0. The zero-order valence-corrected chi connectivity index (χ0v) is 11.9. The minimum absolute atomic E-state index is 0.0434. The highest BCUT2D eigenvalue weighted by Gasteiger charge is 2.09. The molecule has 2 aromatic carbocycles. The number of hydrogen-bond donors (Lipinski definition) is 0. The Labute approximate surface area is 126 Å². The average molecular weight is 310 g/mol. The Hall–Kier alpha value is -1.76. The topological polar surface area (TPSA) is 33.0 Å². The Morgan fingerprint density at radius 1 is 1.25 bits per heavy atom. The van der Waals surface area contributed by atoms with Gasteiger partial charge in [-0.2, -0.15) is 5.26 Å². The highest BCUT2D eigenvalue weighted by atomic mass is 35.5. The molecule has 0 spiro atoms. The molecule has 0 unspecified atom stereocenters. The highest BCUT2D eigenvalue weighted by Crippen LogP contribution is 2.28. The Morgan fingerprint density at radius 2 is 2.05 bits per heavy atom. The molecule has 0 fully saturated rings. The first-order valence-electron chi connectivity index (χ1n) is 5.80. The molecule has 0 aliphatic heterocycles. The summed E-state index contributed by atoms with van der Waals surface area (Å²) in [5, 5.41) is 9.19. The lowest BCUT2D eigenvalue weighted by Crippen LogP contribution is -2.01. The van der Waals surface area contributed by atoms with Gasteiger partial charge in [-0.3, -0.25) is 0 Å². The minimum Gasteiger partial charge on any atom is -0.488 e. The zero-order valence-electron chi connectivity index (χ0n) is 10.4. The van der Waals surface area contributed by atoms with E-state index in [1.807, 2.05) is 6.07 Å². The first-order valence-corrected chi connectivity index (χ1v) is 6.71. The fourth-order valence-electron chi connectivity index (χ4n) is 1.69. The minimum atomic E-state index is -0.474. The SMILES string of the molecule is N#Cc1ccc(COc2cccc(Cl)c2CCl)c(F)c1. The number of ether oxygens (including phenoxy) is 1. The molecule has 0 amide bonds. The lowest BCUT2D eigenvalue weighted by atomic mass is 10.1. The molecule has 0 aliphatic carbocycles. The number of alkyl halides is 1. The quantitative estimate of drug-likeness (QED) is 0.769. The second kappa shape index (κ2) is 6.60. The van der Waals surface area contributed by atoms with Crippen LogP contribution in [0.5, 0.6) is 5.75 Å². The number of nitrogens with zero attached hydrogens (tertiary/aromatic N) is 1. The van der Waals surface area contributed by atoms with Crippen LogP contribution in [0, 0.1) is 17.1 Å². The fourth-order valence-corrected chi connectivity index (χ4v) is 2.27. The lowest BCUT2D eigenvalue weighted by Gasteiger charge is -2.11. The maximum Gasteiger partial charge on any atom is 0.131 e. The third kappa shape index (κ3) is 3.22. The second-order valence-corrected chi connectivity index (χ2v) is 4.73. The Bertz CT molecular complexity index is 667. The molecule has 2 aromatic rings. The Balaban J connectivity index is 2.17. The van der Waals surface area contributed by atoms with E-state index in [-0.39, 0.29) is 18.1 Å². The van der Waals surface area contributed by atoms with Crippen molar-refractivity contribution in [1.29, 1.82) is 5.26 Å². The first-order chi connectivity index (χ1) is 9.65. The van der Waals surface area contributed by atoms with Crippen molar-refractivity contribution in [2.45, 2.75) is 12.5 Å². The highest BCUT2D eigenvalue weighted by molar-refractivity contribution is 6.32. The van der Waals surface area contributed by atoms with Crippen LogP contribution in [0.2, 0.25) is 5.02 Å². The molecule has 2 rings (SSSR count). The summed E-state index contributed by atoms with van der Waals surface area (Å²) < 4.78 is 19.3. The second-order valence-electron chi connectivity index (χ2n) is 4.06. The van der Waals surface area contributed by atoms with E-state index in [9.17, 15) is 4.39 Å². The van der Waals surface area contributed by atoms with Gasteiger partial charge in [0.25, 0.3) is 0 Å². The summed E-state index contributed by atoms with van der Waals surface area (Å²) in [5.74, 6) is 0.264. The van der Waals surface area contributed by atoms with Crippen LogP contribution in [-0.2, 0) is 12.5 Å². The van der Waals surface area contributed by atoms with E-state index >= 15 is 0 Å². The number of benzene rings is 2. The molecule has 0 bridgehead atoms. The summed E-state index contributed by atoms with van der Waals surface area (Å²) >= 11 is 11.8. The molecular formula is C15H10Cl2FNO. The zero-order chi connectivity index (χ0) is 14.5. The first kappa shape index (κ1) is 14.6. The summed E-state index contributed by atoms with van der Waals surface area (Å²) in [6.45, 7) is 0.0434. The van der Waals surface area contributed by atoms with E-state index in [1.165, 1.54) is 12.1 Å². The molecule has 0 radical (unpaired) electrons. The number of rotatable bonds is 4. The van der Waals surface area contributed by atoms with Crippen molar-refractivity contribution in [2.24, 2.45) is 0 Å². The van der Waals surface area contributed by atoms with E-state index in [2.05, 4.69) is 0 Å². The maximum atomic E-state index is 13.7. The van der Waals surface area contributed by atoms with Gasteiger partial charge in [-0.05, 0) is 24.3 Å². The molecule has 0 heterocycles. The van der Waals surface area contributed by atoms with Gasteiger partial charge in [-0.1, -0.05) is 23.7 Å². The predicted molar refractivity (Wildman–Crippen MR) is 76.5 cm³/mol. The van der Waals surface area contributed by atoms with Crippen LogP contribution in [-0.4, -0.2) is 0 Å². The molecule has 0 saturated heterocycles. The third-order valence-electron chi connectivity index (χ3n) is 2.77. The van der Waals surface area contributed by atoms with Crippen LogP contribution < -0.4 is 4.74 Å². The maximum absolute atomic E-state index is 13.7. The largest absolute Gasteiger partial charge is 0.488 e. The molecule has 2 nitrogen and oxygen atoms in total. The molecule has 20 heavy (non-hydrogen) atoms. The van der Waals surface area contributed by atoms with Crippen LogP contribution in [0.15, 0.2) is 36.4 Å². The van der Waals surface area contributed by atoms with Crippen LogP contribution in [0.4, 0.5) is 4.39 Å². The standard InChI is InChI=1S/C15H10Cl2FNO/c16-7-12-13(17)2-1-3-15(12)20-9-11-5-4-10(8-19)6-14(11)18/h1-6H,7,9H2. The number of hydrogen-bond acceptors (Lipinski definition) is 2. The predicted octanol–water partition coefficient (Wildman–Crippen LogP) is 4.67. The van der Waals surface area contributed by atoms with Crippen molar-refractivity contribution < 1.29 is 9.13 Å². The smallest absolute Gasteiger partial charge is 0.131 e. The molecule has 0 aliphatic rings. The summed E-state index contributed by atoms with van der Waals surface area (Å²) in [6, 6.07) is 11.3. The van der Waals surface area contributed by atoms with Crippen LogP contribution in [0.25, 0.3) is 0 Å². The number of nitriles is 1.